The molecule has 2 heteroatoms. The molecule has 0 N–H and O–H groups in total. The fraction of sp³-hybridized carbons (Fsp3) is 0.333. The summed E-state index contributed by atoms with van der Waals surface area (Å²) < 4.78 is 6.79. The van der Waals surface area contributed by atoms with E-state index in [1.807, 2.05) is 11.3 Å². The monoisotopic (exact) mass is 206 g/mol. The molecule has 1 nitrogen and oxygen atoms in total. The van der Waals surface area contributed by atoms with Crippen molar-refractivity contribution in [3.63, 3.8) is 0 Å². The molecule has 0 saturated carbocycles. The first-order valence-corrected chi connectivity index (χ1v) is 5.69. The van der Waals surface area contributed by atoms with Gasteiger partial charge in [0.05, 0.1) is 7.11 Å². The van der Waals surface area contributed by atoms with E-state index < -0.39 is 0 Å². The van der Waals surface area contributed by atoms with Crippen molar-refractivity contribution in [1.29, 1.82) is 0 Å². The second-order valence-electron chi connectivity index (χ2n) is 3.39. The number of ether oxygens (including phenoxy) is 1. The molecule has 0 aliphatic rings. The number of rotatable bonds is 2. The molecule has 0 fully saturated rings. The Morgan fingerprint density at radius 3 is 2.86 bits per heavy atom. The number of hydrogen-bond acceptors (Lipinski definition) is 2. The molecule has 0 bridgehead atoms. The molecule has 0 saturated heterocycles. The smallest absolute Gasteiger partial charge is 0.123 e. The van der Waals surface area contributed by atoms with Gasteiger partial charge in [-0.25, -0.2) is 0 Å². The SMILES string of the molecule is CCc1c(OC)cc(C)c2sccc12. The van der Waals surface area contributed by atoms with Crippen LogP contribution in [-0.2, 0) is 6.42 Å². The number of methoxy groups -OCH3 is 1. The molecular weight excluding hydrogens is 192 g/mol. The Balaban J connectivity index is 2.82. The maximum absolute atomic E-state index is 5.40. The number of aryl methyl sites for hydroxylation is 2. The summed E-state index contributed by atoms with van der Waals surface area (Å²) in [5, 5.41) is 3.50. The van der Waals surface area contributed by atoms with Crippen LogP contribution in [0, 0.1) is 6.92 Å². The largest absolute Gasteiger partial charge is 0.496 e. The first-order chi connectivity index (χ1) is 6.77. The second kappa shape index (κ2) is 3.62. The lowest BCUT2D eigenvalue weighted by atomic mass is 10.0. The van der Waals surface area contributed by atoms with Gasteiger partial charge >= 0.3 is 0 Å². The second-order valence-corrected chi connectivity index (χ2v) is 4.31. The van der Waals surface area contributed by atoms with E-state index >= 15 is 0 Å². The van der Waals surface area contributed by atoms with Crippen molar-refractivity contribution in [3.8, 4) is 5.75 Å². The van der Waals surface area contributed by atoms with Crippen LogP contribution in [0.5, 0.6) is 5.75 Å². The Morgan fingerprint density at radius 2 is 2.21 bits per heavy atom. The van der Waals surface area contributed by atoms with Crippen LogP contribution < -0.4 is 4.74 Å². The zero-order chi connectivity index (χ0) is 10.1. The van der Waals surface area contributed by atoms with Gasteiger partial charge < -0.3 is 4.74 Å². The minimum Gasteiger partial charge on any atom is -0.496 e. The Hall–Kier alpha value is -1.02. The van der Waals surface area contributed by atoms with E-state index in [-0.39, 0.29) is 0 Å². The molecule has 0 unspecified atom stereocenters. The van der Waals surface area contributed by atoms with Crippen molar-refractivity contribution in [2.45, 2.75) is 20.3 Å². The van der Waals surface area contributed by atoms with E-state index in [0.717, 1.165) is 12.2 Å². The van der Waals surface area contributed by atoms with Crippen LogP contribution in [0.1, 0.15) is 18.1 Å². The number of fused-ring (bicyclic) bond motifs is 1. The molecule has 0 atom stereocenters. The summed E-state index contributed by atoms with van der Waals surface area (Å²) in [5.41, 5.74) is 2.64. The molecule has 0 radical (unpaired) electrons. The normalized spacial score (nSPS) is 10.8. The topological polar surface area (TPSA) is 9.23 Å². The van der Waals surface area contributed by atoms with Crippen molar-refractivity contribution in [2.24, 2.45) is 0 Å². The third-order valence-corrected chi connectivity index (χ3v) is 3.62. The highest BCUT2D eigenvalue weighted by Gasteiger charge is 2.09. The van der Waals surface area contributed by atoms with Gasteiger partial charge in [-0.05, 0) is 41.8 Å². The molecule has 14 heavy (non-hydrogen) atoms. The number of benzene rings is 1. The third kappa shape index (κ3) is 1.30. The molecule has 0 spiro atoms. The first kappa shape index (κ1) is 9.53. The van der Waals surface area contributed by atoms with Crippen molar-refractivity contribution < 1.29 is 4.74 Å². The zero-order valence-corrected chi connectivity index (χ0v) is 9.57. The lowest BCUT2D eigenvalue weighted by Crippen LogP contribution is -1.92. The molecule has 2 rings (SSSR count). The third-order valence-electron chi connectivity index (χ3n) is 2.57. The average Bonchev–Trinajstić information content (AvgIpc) is 2.66. The lowest BCUT2D eigenvalue weighted by molar-refractivity contribution is 0.411. The van der Waals surface area contributed by atoms with Crippen LogP contribution in [0.25, 0.3) is 10.1 Å². The number of thiophene rings is 1. The van der Waals surface area contributed by atoms with Gasteiger partial charge in [0.1, 0.15) is 5.75 Å². The standard InChI is InChI=1S/C12H14OS/c1-4-9-10-5-6-14-12(10)8(2)7-11(9)13-3/h5-7H,4H2,1-3H3. The Labute approximate surface area is 88.3 Å². The Morgan fingerprint density at radius 1 is 1.43 bits per heavy atom. The molecule has 1 aromatic carbocycles. The molecule has 0 aliphatic carbocycles. The van der Waals surface area contributed by atoms with Gasteiger partial charge in [0.2, 0.25) is 0 Å². The van der Waals surface area contributed by atoms with Crippen molar-refractivity contribution >= 4 is 21.4 Å². The lowest BCUT2D eigenvalue weighted by Gasteiger charge is -2.09. The number of hydrogen-bond donors (Lipinski definition) is 0. The predicted molar refractivity (Wildman–Crippen MR) is 62.5 cm³/mol. The van der Waals surface area contributed by atoms with Crippen LogP contribution in [0.3, 0.4) is 0 Å². The summed E-state index contributed by atoms with van der Waals surface area (Å²) in [6.07, 6.45) is 1.02. The highest BCUT2D eigenvalue weighted by atomic mass is 32.1. The van der Waals surface area contributed by atoms with Crippen molar-refractivity contribution in [2.75, 3.05) is 7.11 Å². The molecular formula is C12H14OS. The Kier molecular flexibility index (Phi) is 2.46. The molecule has 74 valence electrons. The summed E-state index contributed by atoms with van der Waals surface area (Å²) >= 11 is 1.81. The fourth-order valence-corrected chi connectivity index (χ4v) is 2.78. The van der Waals surface area contributed by atoms with Crippen LogP contribution in [0.2, 0.25) is 0 Å². The summed E-state index contributed by atoms with van der Waals surface area (Å²) in [4.78, 5) is 0. The van der Waals surface area contributed by atoms with Crippen LogP contribution in [0.15, 0.2) is 17.5 Å². The van der Waals surface area contributed by atoms with E-state index in [4.69, 9.17) is 4.74 Å². The Bertz CT molecular complexity index is 457. The van der Waals surface area contributed by atoms with Gasteiger partial charge in [0.25, 0.3) is 0 Å². The van der Waals surface area contributed by atoms with E-state index in [1.165, 1.54) is 21.2 Å². The van der Waals surface area contributed by atoms with Crippen LogP contribution in [-0.4, -0.2) is 7.11 Å². The van der Waals surface area contributed by atoms with Gasteiger partial charge in [0, 0.05) is 10.3 Å². The van der Waals surface area contributed by atoms with Crippen molar-refractivity contribution in [1.82, 2.24) is 0 Å². The van der Waals surface area contributed by atoms with E-state index in [2.05, 4.69) is 31.4 Å². The zero-order valence-electron chi connectivity index (χ0n) is 8.76. The molecule has 1 aromatic heterocycles. The summed E-state index contributed by atoms with van der Waals surface area (Å²) in [6.45, 7) is 4.31. The van der Waals surface area contributed by atoms with Gasteiger partial charge in [-0.3, -0.25) is 0 Å². The molecule has 0 aliphatic heterocycles. The van der Waals surface area contributed by atoms with Gasteiger partial charge in [0.15, 0.2) is 0 Å². The first-order valence-electron chi connectivity index (χ1n) is 4.81. The molecule has 1 heterocycles. The van der Waals surface area contributed by atoms with Gasteiger partial charge in [-0.15, -0.1) is 11.3 Å². The minimum atomic E-state index is 1.02. The van der Waals surface area contributed by atoms with Gasteiger partial charge in [-0.2, -0.15) is 0 Å². The average molecular weight is 206 g/mol. The summed E-state index contributed by atoms with van der Waals surface area (Å²) in [7, 11) is 1.74. The highest BCUT2D eigenvalue weighted by Crippen LogP contribution is 2.34. The van der Waals surface area contributed by atoms with E-state index in [1.54, 1.807) is 7.11 Å². The maximum atomic E-state index is 5.40. The van der Waals surface area contributed by atoms with Gasteiger partial charge in [-0.1, -0.05) is 6.92 Å². The van der Waals surface area contributed by atoms with Crippen molar-refractivity contribution in [3.05, 3.63) is 28.6 Å². The van der Waals surface area contributed by atoms with Crippen LogP contribution in [0.4, 0.5) is 0 Å². The summed E-state index contributed by atoms with van der Waals surface area (Å²) in [6, 6.07) is 4.33. The van der Waals surface area contributed by atoms with Crippen LogP contribution >= 0.6 is 11.3 Å². The van der Waals surface area contributed by atoms with E-state index in [0.29, 0.717) is 0 Å². The quantitative estimate of drug-likeness (QED) is 0.726. The highest BCUT2D eigenvalue weighted by molar-refractivity contribution is 7.17. The predicted octanol–water partition coefficient (Wildman–Crippen LogP) is 3.78. The fourth-order valence-electron chi connectivity index (χ4n) is 1.88. The maximum Gasteiger partial charge on any atom is 0.123 e. The molecule has 2 aromatic rings. The van der Waals surface area contributed by atoms with E-state index in [9.17, 15) is 0 Å². The summed E-state index contributed by atoms with van der Waals surface area (Å²) in [5.74, 6) is 1.02. The minimum absolute atomic E-state index is 1.02. The molecule has 0 amide bonds.